The summed E-state index contributed by atoms with van der Waals surface area (Å²) in [6.07, 6.45) is 8.76. The highest BCUT2D eigenvalue weighted by atomic mass is 32.2. The smallest absolute Gasteiger partial charge is 0.328 e. The molecule has 1 saturated heterocycles. The van der Waals surface area contributed by atoms with Gasteiger partial charge in [0.1, 0.15) is 23.4 Å². The molecule has 0 spiro atoms. The molecule has 2 aromatic rings. The van der Waals surface area contributed by atoms with Crippen LogP contribution in [-0.4, -0.2) is 76.8 Å². The molecule has 0 aromatic carbocycles. The van der Waals surface area contributed by atoms with Gasteiger partial charge in [-0.1, -0.05) is 12.8 Å². The van der Waals surface area contributed by atoms with E-state index in [4.69, 9.17) is 0 Å². The summed E-state index contributed by atoms with van der Waals surface area (Å²) in [5, 5.41) is 19.5. The molecule has 0 atom stereocenters. The molecule has 2 aliphatic heterocycles. The number of nitrogens with one attached hydrogen (secondary N) is 3. The van der Waals surface area contributed by atoms with E-state index in [1.165, 1.54) is 36.8 Å². The Morgan fingerprint density at radius 2 is 2.10 bits per heavy atom. The normalized spacial score (nSPS) is 17.3. The number of anilines is 3. The van der Waals surface area contributed by atoms with Crippen LogP contribution in [0.1, 0.15) is 59.3 Å². The van der Waals surface area contributed by atoms with E-state index in [0.29, 0.717) is 67.5 Å². The van der Waals surface area contributed by atoms with Crippen LogP contribution in [0.3, 0.4) is 0 Å². The largest absolute Gasteiger partial charge is 0.383 e. The monoisotopic (exact) mass is 562 g/mol. The molecule has 3 N–H and O–H groups in total. The van der Waals surface area contributed by atoms with Gasteiger partial charge in [-0.05, 0) is 37.3 Å². The number of hydrogen-bond acceptors (Lipinski definition) is 9. The van der Waals surface area contributed by atoms with Gasteiger partial charge in [-0.3, -0.25) is 19.8 Å². The van der Waals surface area contributed by atoms with E-state index in [2.05, 4.69) is 32.0 Å². The van der Waals surface area contributed by atoms with E-state index in [-0.39, 0.29) is 18.1 Å². The molecule has 1 saturated carbocycles. The van der Waals surface area contributed by atoms with Gasteiger partial charge in [0.15, 0.2) is 6.29 Å². The number of carbonyl (C=O) groups is 3. The van der Waals surface area contributed by atoms with Crippen molar-refractivity contribution < 1.29 is 14.4 Å². The Morgan fingerprint density at radius 3 is 2.88 bits per heavy atom. The summed E-state index contributed by atoms with van der Waals surface area (Å²) >= 11 is 1.97. The minimum Gasteiger partial charge on any atom is -0.383 e. The van der Waals surface area contributed by atoms with Crippen molar-refractivity contribution in [2.24, 2.45) is 0 Å². The van der Waals surface area contributed by atoms with Crippen LogP contribution in [0.15, 0.2) is 18.3 Å². The van der Waals surface area contributed by atoms with Crippen LogP contribution in [0.4, 0.5) is 22.1 Å². The van der Waals surface area contributed by atoms with E-state index in [1.807, 2.05) is 17.8 Å². The Bertz CT molecular complexity index is 1310. The van der Waals surface area contributed by atoms with Gasteiger partial charge in [-0.25, -0.2) is 14.8 Å². The van der Waals surface area contributed by atoms with Crippen LogP contribution in [0.5, 0.6) is 0 Å². The summed E-state index contributed by atoms with van der Waals surface area (Å²) in [5.41, 5.74) is 2.82. The fourth-order valence-corrected chi connectivity index (χ4v) is 6.63. The first kappa shape index (κ1) is 27.9. The van der Waals surface area contributed by atoms with Crippen LogP contribution in [-0.2, 0) is 17.8 Å². The number of hydrogen-bond donors (Lipinski definition) is 3. The number of nitrogens with zero attached hydrogens (tertiary/aromatic N) is 5. The molecule has 0 unspecified atom stereocenters. The Balaban J connectivity index is 1.27. The number of amides is 3. The number of aryl methyl sites for hydroxylation is 1. The third kappa shape index (κ3) is 6.54. The minimum atomic E-state index is -0.407. The molecule has 1 aliphatic carbocycles. The summed E-state index contributed by atoms with van der Waals surface area (Å²) in [6, 6.07) is 5.33. The third-order valence-corrected chi connectivity index (χ3v) is 8.90. The lowest BCUT2D eigenvalue weighted by Crippen LogP contribution is -2.47. The Labute approximate surface area is 238 Å². The molecule has 3 amide bonds. The van der Waals surface area contributed by atoms with Gasteiger partial charge >= 0.3 is 6.03 Å². The van der Waals surface area contributed by atoms with Gasteiger partial charge in [-0.2, -0.15) is 17.0 Å². The van der Waals surface area contributed by atoms with Crippen LogP contribution in [0, 0.1) is 11.3 Å². The number of nitriles is 1. The molecule has 2 fully saturated rings. The van der Waals surface area contributed by atoms with Crippen LogP contribution in [0.2, 0.25) is 0 Å². The average molecular weight is 563 g/mol. The van der Waals surface area contributed by atoms with Gasteiger partial charge in [-0.15, -0.1) is 0 Å². The number of urea groups is 1. The van der Waals surface area contributed by atoms with Crippen molar-refractivity contribution in [1.82, 2.24) is 20.2 Å². The molecule has 40 heavy (non-hydrogen) atoms. The molecule has 3 aliphatic rings. The summed E-state index contributed by atoms with van der Waals surface area (Å²) in [4.78, 5) is 49.6. The van der Waals surface area contributed by atoms with Crippen molar-refractivity contribution in [3.8, 4) is 6.07 Å². The van der Waals surface area contributed by atoms with E-state index in [0.717, 1.165) is 29.4 Å². The number of pyridine rings is 2. The highest BCUT2D eigenvalue weighted by molar-refractivity contribution is 7.99. The SMILES string of the molecule is N#Cc1cnc(NC(=O)N2CCCc3cc(CN4CCNCC4=O)c(C=O)nc32)cc1NCCSC1CCCC1. The van der Waals surface area contributed by atoms with Crippen LogP contribution in [0.25, 0.3) is 0 Å². The van der Waals surface area contributed by atoms with Gasteiger partial charge in [0.05, 0.1) is 17.8 Å². The molecule has 11 nitrogen and oxygen atoms in total. The van der Waals surface area contributed by atoms with E-state index >= 15 is 0 Å². The van der Waals surface area contributed by atoms with Crippen molar-refractivity contribution in [1.29, 1.82) is 5.26 Å². The molecule has 12 heteroatoms. The van der Waals surface area contributed by atoms with Crippen molar-refractivity contribution in [3.05, 3.63) is 40.7 Å². The zero-order valence-electron chi connectivity index (χ0n) is 22.4. The standard InChI is InChI=1S/C28H34N8O3S/c29-14-21-15-32-25(13-23(21)31-8-11-40-22-5-1-2-6-22)34-28(39)36-9-3-4-19-12-20(24(18-37)33-27(19)36)17-35-10-7-30-16-26(35)38/h12-13,15,18,22,30H,1-11,16-17H2,(H2,31,32,34,39). The van der Waals surface area contributed by atoms with Crippen molar-refractivity contribution in [2.45, 2.75) is 50.3 Å². The summed E-state index contributed by atoms with van der Waals surface area (Å²) in [5.74, 6) is 1.70. The molecular formula is C28H34N8O3S. The number of carbonyl (C=O) groups excluding carboxylic acids is 3. The van der Waals surface area contributed by atoms with E-state index < -0.39 is 6.03 Å². The summed E-state index contributed by atoms with van der Waals surface area (Å²) in [7, 11) is 0. The zero-order valence-corrected chi connectivity index (χ0v) is 23.3. The Hall–Kier alpha value is -3.69. The molecule has 2 aromatic heterocycles. The number of rotatable bonds is 9. The lowest BCUT2D eigenvalue weighted by molar-refractivity contribution is -0.132. The lowest BCUT2D eigenvalue weighted by Gasteiger charge is -2.31. The van der Waals surface area contributed by atoms with Gasteiger partial charge in [0, 0.05) is 61.6 Å². The molecule has 5 rings (SSSR count). The molecule has 210 valence electrons. The van der Waals surface area contributed by atoms with Crippen molar-refractivity contribution >= 4 is 47.3 Å². The van der Waals surface area contributed by atoms with Crippen LogP contribution >= 0.6 is 11.8 Å². The van der Waals surface area contributed by atoms with Crippen molar-refractivity contribution in [3.63, 3.8) is 0 Å². The fourth-order valence-electron chi connectivity index (χ4n) is 5.41. The van der Waals surface area contributed by atoms with E-state index in [1.54, 1.807) is 11.0 Å². The lowest BCUT2D eigenvalue weighted by atomic mass is 10.0. The average Bonchev–Trinajstić information content (AvgIpc) is 3.49. The number of thioether (sulfide) groups is 1. The second kappa shape index (κ2) is 13.1. The van der Waals surface area contributed by atoms with Gasteiger partial charge in [0.25, 0.3) is 0 Å². The van der Waals surface area contributed by atoms with Crippen LogP contribution < -0.4 is 20.9 Å². The highest BCUT2D eigenvalue weighted by Crippen LogP contribution is 2.30. The highest BCUT2D eigenvalue weighted by Gasteiger charge is 2.27. The number of piperazine rings is 1. The summed E-state index contributed by atoms with van der Waals surface area (Å²) in [6.45, 7) is 3.02. The van der Waals surface area contributed by atoms with Crippen molar-refractivity contribution in [2.75, 3.05) is 54.0 Å². The fraction of sp³-hybridized carbons (Fsp3) is 0.500. The second-order valence-corrected chi connectivity index (χ2v) is 11.6. The zero-order chi connectivity index (χ0) is 27.9. The van der Waals surface area contributed by atoms with Gasteiger partial charge in [0.2, 0.25) is 5.91 Å². The molecule has 4 heterocycles. The number of aldehydes is 1. The first-order valence-corrected chi connectivity index (χ1v) is 14.9. The minimum absolute atomic E-state index is 0.0156. The predicted octanol–water partition coefficient (Wildman–Crippen LogP) is 3.16. The third-order valence-electron chi connectivity index (χ3n) is 7.51. The second-order valence-electron chi connectivity index (χ2n) is 10.2. The molecule has 0 bridgehead atoms. The van der Waals surface area contributed by atoms with E-state index in [9.17, 15) is 19.6 Å². The Kier molecular flexibility index (Phi) is 9.13. The van der Waals surface area contributed by atoms with Gasteiger partial charge < -0.3 is 15.5 Å². The number of fused-ring (bicyclic) bond motifs is 1. The molecule has 0 radical (unpaired) electrons. The maximum Gasteiger partial charge on any atom is 0.328 e. The maximum absolute atomic E-state index is 13.3. The first-order chi connectivity index (χ1) is 19.6. The number of aromatic nitrogens is 2. The topological polar surface area (TPSA) is 143 Å². The Morgan fingerprint density at radius 1 is 1.25 bits per heavy atom. The summed E-state index contributed by atoms with van der Waals surface area (Å²) < 4.78 is 0. The first-order valence-electron chi connectivity index (χ1n) is 13.9. The quantitative estimate of drug-likeness (QED) is 0.310. The maximum atomic E-state index is 13.3. The predicted molar refractivity (Wildman–Crippen MR) is 155 cm³/mol. The molecular weight excluding hydrogens is 528 g/mol.